The summed E-state index contributed by atoms with van der Waals surface area (Å²) in [6.45, 7) is 7.05. The van der Waals surface area contributed by atoms with Gasteiger partial charge in [-0.25, -0.2) is 0 Å². The summed E-state index contributed by atoms with van der Waals surface area (Å²) in [4.78, 5) is 17.6. The molecule has 1 atom stereocenters. The molecular formula is C14H23N3O2S. The SMILES string of the molecule is C[C@@H](NC(=O)CN1CCN(CCO)CC1)c1cccs1. The van der Waals surface area contributed by atoms with Crippen molar-refractivity contribution in [3.05, 3.63) is 22.4 Å². The molecular weight excluding hydrogens is 274 g/mol. The number of amides is 1. The van der Waals surface area contributed by atoms with Crippen LogP contribution >= 0.6 is 11.3 Å². The fourth-order valence-electron chi connectivity index (χ4n) is 2.41. The lowest BCUT2D eigenvalue weighted by atomic mass is 10.2. The average Bonchev–Trinajstić information content (AvgIpc) is 2.95. The number of nitrogens with zero attached hydrogens (tertiary/aromatic N) is 2. The third-order valence-electron chi connectivity index (χ3n) is 3.60. The molecule has 2 rings (SSSR count). The molecule has 1 aromatic rings. The molecule has 2 heterocycles. The van der Waals surface area contributed by atoms with E-state index in [9.17, 15) is 4.79 Å². The number of β-amino-alcohol motifs (C(OH)–C–C–N with tert-alkyl or cyclic N) is 1. The third kappa shape index (κ3) is 4.56. The van der Waals surface area contributed by atoms with Crippen molar-refractivity contribution in [3.63, 3.8) is 0 Å². The van der Waals surface area contributed by atoms with Crippen LogP contribution in [0.25, 0.3) is 0 Å². The molecule has 0 aromatic carbocycles. The molecule has 1 saturated heterocycles. The van der Waals surface area contributed by atoms with Crippen LogP contribution in [-0.4, -0.2) is 66.7 Å². The number of hydrogen-bond acceptors (Lipinski definition) is 5. The highest BCUT2D eigenvalue weighted by molar-refractivity contribution is 7.10. The molecule has 0 saturated carbocycles. The Labute approximate surface area is 124 Å². The normalized spacial score (nSPS) is 18.9. The molecule has 0 radical (unpaired) electrons. The fourth-order valence-corrected chi connectivity index (χ4v) is 3.15. The van der Waals surface area contributed by atoms with Crippen molar-refractivity contribution in [2.24, 2.45) is 0 Å². The molecule has 112 valence electrons. The van der Waals surface area contributed by atoms with Gasteiger partial charge in [-0.05, 0) is 18.4 Å². The molecule has 0 aliphatic carbocycles. The smallest absolute Gasteiger partial charge is 0.234 e. The summed E-state index contributed by atoms with van der Waals surface area (Å²) in [5.41, 5.74) is 0. The highest BCUT2D eigenvalue weighted by atomic mass is 32.1. The van der Waals surface area contributed by atoms with Crippen molar-refractivity contribution in [1.29, 1.82) is 0 Å². The summed E-state index contributed by atoms with van der Waals surface area (Å²) in [7, 11) is 0. The minimum Gasteiger partial charge on any atom is -0.395 e. The number of carbonyl (C=O) groups is 1. The first-order chi connectivity index (χ1) is 9.69. The maximum absolute atomic E-state index is 12.0. The Morgan fingerprint density at radius 3 is 2.70 bits per heavy atom. The van der Waals surface area contributed by atoms with Crippen LogP contribution in [0.2, 0.25) is 0 Å². The molecule has 1 aromatic heterocycles. The molecule has 1 amide bonds. The molecule has 6 heteroatoms. The van der Waals surface area contributed by atoms with Crippen molar-refractivity contribution in [2.45, 2.75) is 13.0 Å². The lowest BCUT2D eigenvalue weighted by Crippen LogP contribution is -2.50. The molecule has 0 unspecified atom stereocenters. The van der Waals surface area contributed by atoms with E-state index in [0.29, 0.717) is 6.54 Å². The van der Waals surface area contributed by atoms with E-state index in [1.165, 1.54) is 4.88 Å². The average molecular weight is 297 g/mol. The number of nitrogens with one attached hydrogen (secondary N) is 1. The molecule has 1 aliphatic heterocycles. The number of hydrogen-bond donors (Lipinski definition) is 2. The van der Waals surface area contributed by atoms with E-state index in [4.69, 9.17) is 5.11 Å². The lowest BCUT2D eigenvalue weighted by molar-refractivity contribution is -0.123. The summed E-state index contributed by atoms with van der Waals surface area (Å²) in [5.74, 6) is 0.0847. The Morgan fingerprint density at radius 2 is 2.10 bits per heavy atom. The summed E-state index contributed by atoms with van der Waals surface area (Å²) in [6.07, 6.45) is 0. The van der Waals surface area contributed by atoms with Gasteiger partial charge < -0.3 is 10.4 Å². The Kier molecular flexibility index (Phi) is 5.97. The van der Waals surface area contributed by atoms with Crippen LogP contribution in [0.4, 0.5) is 0 Å². The Hall–Kier alpha value is -0.950. The molecule has 5 nitrogen and oxygen atoms in total. The first-order valence-electron chi connectivity index (χ1n) is 7.07. The topological polar surface area (TPSA) is 55.8 Å². The molecule has 1 fully saturated rings. The van der Waals surface area contributed by atoms with E-state index < -0.39 is 0 Å². The Bertz CT molecular complexity index is 403. The summed E-state index contributed by atoms with van der Waals surface area (Å²) in [5, 5.41) is 14.0. The zero-order valence-electron chi connectivity index (χ0n) is 11.9. The number of thiophene rings is 1. The first kappa shape index (κ1) is 15.4. The monoisotopic (exact) mass is 297 g/mol. The van der Waals surface area contributed by atoms with Crippen molar-refractivity contribution < 1.29 is 9.90 Å². The summed E-state index contributed by atoms with van der Waals surface area (Å²) < 4.78 is 0. The second-order valence-corrected chi connectivity index (χ2v) is 6.13. The van der Waals surface area contributed by atoms with Gasteiger partial charge in [0.25, 0.3) is 0 Å². The summed E-state index contributed by atoms with van der Waals surface area (Å²) >= 11 is 1.67. The van der Waals surface area contributed by atoms with Crippen LogP contribution in [0.1, 0.15) is 17.8 Å². The predicted molar refractivity (Wildman–Crippen MR) is 80.8 cm³/mol. The zero-order valence-corrected chi connectivity index (χ0v) is 12.7. The van der Waals surface area contributed by atoms with E-state index >= 15 is 0 Å². The molecule has 0 bridgehead atoms. The largest absolute Gasteiger partial charge is 0.395 e. The molecule has 20 heavy (non-hydrogen) atoms. The minimum atomic E-state index is 0.0816. The second-order valence-electron chi connectivity index (χ2n) is 5.15. The molecule has 0 spiro atoms. The van der Waals surface area contributed by atoms with Crippen LogP contribution in [0.5, 0.6) is 0 Å². The Balaban J connectivity index is 1.70. The number of piperazine rings is 1. The lowest BCUT2D eigenvalue weighted by Gasteiger charge is -2.34. The second kappa shape index (κ2) is 7.73. The van der Waals surface area contributed by atoms with Crippen molar-refractivity contribution in [3.8, 4) is 0 Å². The van der Waals surface area contributed by atoms with E-state index in [1.54, 1.807) is 11.3 Å². The van der Waals surface area contributed by atoms with Gasteiger partial charge in [0.2, 0.25) is 5.91 Å². The van der Waals surface area contributed by atoms with E-state index in [0.717, 1.165) is 32.7 Å². The van der Waals surface area contributed by atoms with Gasteiger partial charge >= 0.3 is 0 Å². The van der Waals surface area contributed by atoms with E-state index in [2.05, 4.69) is 15.1 Å². The van der Waals surface area contributed by atoms with Gasteiger partial charge in [-0.2, -0.15) is 0 Å². The van der Waals surface area contributed by atoms with Crippen molar-refractivity contribution in [2.75, 3.05) is 45.9 Å². The molecule has 2 N–H and O–H groups in total. The van der Waals surface area contributed by atoms with E-state index in [-0.39, 0.29) is 18.6 Å². The Morgan fingerprint density at radius 1 is 1.40 bits per heavy atom. The first-order valence-corrected chi connectivity index (χ1v) is 7.95. The van der Waals surface area contributed by atoms with Gasteiger partial charge in [-0.3, -0.25) is 14.6 Å². The van der Waals surface area contributed by atoms with Gasteiger partial charge in [-0.1, -0.05) is 6.07 Å². The summed E-state index contributed by atoms with van der Waals surface area (Å²) in [6, 6.07) is 4.13. The van der Waals surface area contributed by atoms with Gasteiger partial charge in [0.05, 0.1) is 19.2 Å². The molecule has 1 aliphatic rings. The highest BCUT2D eigenvalue weighted by Gasteiger charge is 2.19. The minimum absolute atomic E-state index is 0.0816. The maximum Gasteiger partial charge on any atom is 0.234 e. The van der Waals surface area contributed by atoms with Crippen molar-refractivity contribution in [1.82, 2.24) is 15.1 Å². The predicted octanol–water partition coefficient (Wildman–Crippen LogP) is 0.535. The standard InChI is InChI=1S/C14H23N3O2S/c1-12(13-3-2-10-20-13)15-14(19)11-17-6-4-16(5-7-17)8-9-18/h2-3,10,12,18H,4-9,11H2,1H3,(H,15,19)/t12-/m1/s1. The maximum atomic E-state index is 12.0. The van der Waals surface area contributed by atoms with E-state index in [1.807, 2.05) is 24.4 Å². The van der Waals surface area contributed by atoms with Gasteiger partial charge in [0, 0.05) is 37.6 Å². The van der Waals surface area contributed by atoms with Crippen LogP contribution in [0.3, 0.4) is 0 Å². The quantitative estimate of drug-likeness (QED) is 0.804. The van der Waals surface area contributed by atoms with Crippen molar-refractivity contribution >= 4 is 17.2 Å². The number of aliphatic hydroxyl groups is 1. The van der Waals surface area contributed by atoms with Gasteiger partial charge in [0.1, 0.15) is 0 Å². The van der Waals surface area contributed by atoms with Gasteiger partial charge in [-0.15, -0.1) is 11.3 Å². The zero-order chi connectivity index (χ0) is 14.4. The number of carbonyl (C=O) groups excluding carboxylic acids is 1. The number of aliphatic hydroxyl groups excluding tert-OH is 1. The van der Waals surface area contributed by atoms with Gasteiger partial charge in [0.15, 0.2) is 0 Å². The number of rotatable bonds is 6. The van der Waals surface area contributed by atoms with Crippen LogP contribution in [-0.2, 0) is 4.79 Å². The highest BCUT2D eigenvalue weighted by Crippen LogP contribution is 2.17. The van der Waals surface area contributed by atoms with Crippen LogP contribution < -0.4 is 5.32 Å². The van der Waals surface area contributed by atoms with Crippen LogP contribution in [0.15, 0.2) is 17.5 Å². The third-order valence-corrected chi connectivity index (χ3v) is 4.65. The van der Waals surface area contributed by atoms with Crippen LogP contribution in [0, 0.1) is 0 Å². The fraction of sp³-hybridized carbons (Fsp3) is 0.643.